The molecule has 0 radical (unpaired) electrons. The summed E-state index contributed by atoms with van der Waals surface area (Å²) in [5.74, 6) is -1.91. The maximum atomic E-state index is 13.6. The van der Waals surface area contributed by atoms with Crippen molar-refractivity contribution in [2.24, 2.45) is 5.73 Å². The molecule has 9 heteroatoms. The van der Waals surface area contributed by atoms with E-state index in [1.54, 1.807) is 36.4 Å². The van der Waals surface area contributed by atoms with Crippen LogP contribution in [0.3, 0.4) is 0 Å². The zero-order valence-corrected chi connectivity index (χ0v) is 15.1. The number of carbonyl (C=O) groups is 3. The van der Waals surface area contributed by atoms with Crippen LogP contribution in [0.4, 0.5) is 9.18 Å². The SMILES string of the molecule is CC(Oc1ccccc1F)C(=O)NNC(=O)CC(NC(N)=O)c1ccccc1. The van der Waals surface area contributed by atoms with Gasteiger partial charge in [0.05, 0.1) is 12.5 Å². The minimum absolute atomic E-state index is 0.0775. The molecule has 2 aromatic rings. The van der Waals surface area contributed by atoms with Crippen molar-refractivity contribution in [3.05, 3.63) is 66.0 Å². The predicted molar refractivity (Wildman–Crippen MR) is 99.3 cm³/mol. The van der Waals surface area contributed by atoms with Crippen molar-refractivity contribution >= 4 is 17.8 Å². The fraction of sp³-hybridized carbons (Fsp3) is 0.211. The maximum Gasteiger partial charge on any atom is 0.312 e. The van der Waals surface area contributed by atoms with Gasteiger partial charge >= 0.3 is 6.03 Å². The summed E-state index contributed by atoms with van der Waals surface area (Å²) in [7, 11) is 0. The summed E-state index contributed by atoms with van der Waals surface area (Å²) in [6.45, 7) is 1.41. The molecule has 0 bridgehead atoms. The number of ether oxygens (including phenoxy) is 1. The van der Waals surface area contributed by atoms with Crippen LogP contribution in [0.15, 0.2) is 54.6 Å². The van der Waals surface area contributed by atoms with E-state index < -0.39 is 35.8 Å². The Morgan fingerprint density at radius 2 is 1.68 bits per heavy atom. The monoisotopic (exact) mass is 388 g/mol. The van der Waals surface area contributed by atoms with Gasteiger partial charge < -0.3 is 15.8 Å². The number of primary amides is 1. The number of urea groups is 1. The molecule has 2 aromatic carbocycles. The van der Waals surface area contributed by atoms with Gasteiger partial charge in [0.1, 0.15) is 0 Å². The van der Waals surface area contributed by atoms with Crippen molar-refractivity contribution in [2.75, 3.05) is 0 Å². The molecule has 0 aromatic heterocycles. The van der Waals surface area contributed by atoms with Gasteiger partial charge in [0.2, 0.25) is 5.91 Å². The average molecular weight is 388 g/mol. The highest BCUT2D eigenvalue weighted by atomic mass is 19.1. The number of hydrogen-bond acceptors (Lipinski definition) is 4. The molecule has 0 aliphatic carbocycles. The van der Waals surface area contributed by atoms with Crippen LogP contribution in [0.2, 0.25) is 0 Å². The number of benzene rings is 2. The molecule has 0 aliphatic rings. The van der Waals surface area contributed by atoms with Crippen molar-refractivity contribution in [3.63, 3.8) is 0 Å². The lowest BCUT2D eigenvalue weighted by molar-refractivity contribution is -0.133. The van der Waals surface area contributed by atoms with Gasteiger partial charge in [0.15, 0.2) is 17.7 Å². The molecule has 0 saturated heterocycles. The predicted octanol–water partition coefficient (Wildman–Crippen LogP) is 1.54. The first-order valence-corrected chi connectivity index (χ1v) is 8.47. The number of nitrogens with two attached hydrogens (primary N) is 1. The number of nitrogens with one attached hydrogen (secondary N) is 3. The van der Waals surface area contributed by atoms with Gasteiger partial charge in [0, 0.05) is 0 Å². The molecular weight excluding hydrogens is 367 g/mol. The Balaban J connectivity index is 1.88. The number of halogens is 1. The van der Waals surface area contributed by atoms with E-state index in [4.69, 9.17) is 10.5 Å². The Hall–Kier alpha value is -3.62. The summed E-state index contributed by atoms with van der Waals surface area (Å²) in [5.41, 5.74) is 10.3. The highest BCUT2D eigenvalue weighted by Crippen LogP contribution is 2.17. The molecule has 5 N–H and O–H groups in total. The van der Waals surface area contributed by atoms with Crippen molar-refractivity contribution < 1.29 is 23.5 Å². The van der Waals surface area contributed by atoms with Crippen LogP contribution in [0.25, 0.3) is 0 Å². The van der Waals surface area contributed by atoms with E-state index in [2.05, 4.69) is 16.2 Å². The second-order valence-electron chi connectivity index (χ2n) is 5.90. The topological polar surface area (TPSA) is 123 Å². The lowest BCUT2D eigenvalue weighted by atomic mass is 10.0. The number of amides is 4. The number of rotatable bonds is 7. The molecule has 28 heavy (non-hydrogen) atoms. The van der Waals surface area contributed by atoms with E-state index in [-0.39, 0.29) is 12.2 Å². The summed E-state index contributed by atoms with van der Waals surface area (Å²) in [6.07, 6.45) is -1.21. The first-order chi connectivity index (χ1) is 13.4. The van der Waals surface area contributed by atoms with E-state index in [9.17, 15) is 18.8 Å². The number of hydrazine groups is 1. The van der Waals surface area contributed by atoms with Crippen molar-refractivity contribution in [3.8, 4) is 5.75 Å². The third-order valence-electron chi connectivity index (χ3n) is 3.74. The van der Waals surface area contributed by atoms with Crippen LogP contribution in [-0.4, -0.2) is 23.9 Å². The highest BCUT2D eigenvalue weighted by molar-refractivity contribution is 5.85. The van der Waals surface area contributed by atoms with Crippen LogP contribution in [-0.2, 0) is 9.59 Å². The minimum atomic E-state index is -1.05. The Bertz CT molecular complexity index is 832. The molecule has 2 unspecified atom stereocenters. The Labute approximate surface area is 161 Å². The largest absolute Gasteiger partial charge is 0.478 e. The lowest BCUT2D eigenvalue weighted by Crippen LogP contribution is -2.48. The van der Waals surface area contributed by atoms with E-state index in [0.29, 0.717) is 5.56 Å². The zero-order valence-electron chi connectivity index (χ0n) is 15.1. The highest BCUT2D eigenvalue weighted by Gasteiger charge is 2.20. The van der Waals surface area contributed by atoms with Crippen LogP contribution >= 0.6 is 0 Å². The van der Waals surface area contributed by atoms with Gasteiger partial charge in [0.25, 0.3) is 5.91 Å². The van der Waals surface area contributed by atoms with Gasteiger partial charge in [-0.25, -0.2) is 9.18 Å². The summed E-state index contributed by atoms with van der Waals surface area (Å²) in [6, 6.07) is 13.0. The van der Waals surface area contributed by atoms with Crippen molar-refractivity contribution in [1.29, 1.82) is 0 Å². The molecule has 8 nitrogen and oxygen atoms in total. The molecule has 4 amide bonds. The molecule has 0 fully saturated rings. The molecular formula is C19H21FN4O4. The molecule has 0 aliphatic heterocycles. The van der Waals surface area contributed by atoms with Gasteiger partial charge in [-0.1, -0.05) is 42.5 Å². The van der Waals surface area contributed by atoms with Gasteiger partial charge in [-0.05, 0) is 24.6 Å². The summed E-state index contributed by atoms with van der Waals surface area (Å²) in [4.78, 5) is 35.3. The van der Waals surface area contributed by atoms with Crippen LogP contribution in [0, 0.1) is 5.82 Å². The summed E-state index contributed by atoms with van der Waals surface area (Å²) in [5, 5.41) is 2.48. The van der Waals surface area contributed by atoms with E-state index in [0.717, 1.165) is 0 Å². The summed E-state index contributed by atoms with van der Waals surface area (Å²) >= 11 is 0. The van der Waals surface area contributed by atoms with E-state index in [1.807, 2.05) is 0 Å². The third kappa shape index (κ3) is 6.27. The maximum absolute atomic E-state index is 13.6. The van der Waals surface area contributed by atoms with Gasteiger partial charge in [-0.15, -0.1) is 0 Å². The van der Waals surface area contributed by atoms with Crippen LogP contribution < -0.4 is 26.6 Å². The third-order valence-corrected chi connectivity index (χ3v) is 3.74. The Morgan fingerprint density at radius 3 is 2.32 bits per heavy atom. The number of para-hydroxylation sites is 1. The van der Waals surface area contributed by atoms with E-state index in [1.165, 1.54) is 25.1 Å². The first-order valence-electron chi connectivity index (χ1n) is 8.47. The standard InChI is InChI=1S/C19H21FN4O4/c1-12(28-16-10-6-5-9-14(16)20)18(26)24-23-17(25)11-15(22-19(21)27)13-7-3-2-4-8-13/h2-10,12,15H,11H2,1H3,(H,23,25)(H,24,26)(H3,21,22,27). The van der Waals surface area contributed by atoms with Crippen molar-refractivity contribution in [1.82, 2.24) is 16.2 Å². The van der Waals surface area contributed by atoms with Crippen LogP contribution in [0.5, 0.6) is 5.75 Å². The molecule has 0 heterocycles. The normalized spacial score (nSPS) is 12.4. The Kier molecular flexibility index (Phi) is 7.32. The minimum Gasteiger partial charge on any atom is -0.478 e. The molecule has 2 rings (SSSR count). The zero-order chi connectivity index (χ0) is 20.5. The van der Waals surface area contributed by atoms with Crippen LogP contribution in [0.1, 0.15) is 24.9 Å². The molecule has 0 saturated carbocycles. The first kappa shape index (κ1) is 20.7. The second kappa shape index (κ2) is 9.91. The fourth-order valence-electron chi connectivity index (χ4n) is 2.36. The van der Waals surface area contributed by atoms with Gasteiger partial charge in [-0.3, -0.25) is 20.4 Å². The Morgan fingerprint density at radius 1 is 1.04 bits per heavy atom. The fourth-order valence-corrected chi connectivity index (χ4v) is 2.36. The average Bonchev–Trinajstić information content (AvgIpc) is 2.67. The molecule has 2 atom stereocenters. The molecule has 0 spiro atoms. The summed E-state index contributed by atoms with van der Waals surface area (Å²) < 4.78 is 18.8. The quantitative estimate of drug-likeness (QED) is 0.537. The number of hydrogen-bond donors (Lipinski definition) is 4. The molecule has 148 valence electrons. The lowest BCUT2D eigenvalue weighted by Gasteiger charge is -2.19. The van der Waals surface area contributed by atoms with Crippen molar-refractivity contribution in [2.45, 2.75) is 25.5 Å². The smallest absolute Gasteiger partial charge is 0.312 e. The van der Waals surface area contributed by atoms with Gasteiger partial charge in [-0.2, -0.15) is 0 Å². The van der Waals surface area contributed by atoms with E-state index >= 15 is 0 Å². The second-order valence-corrected chi connectivity index (χ2v) is 5.90. The number of carbonyl (C=O) groups excluding carboxylic acids is 3.